The van der Waals surface area contributed by atoms with E-state index in [-0.39, 0.29) is 35.0 Å². The first-order chi connectivity index (χ1) is 9.36. The first kappa shape index (κ1) is 14.8. The van der Waals surface area contributed by atoms with Crippen LogP contribution in [-0.4, -0.2) is 36.9 Å². The third kappa shape index (κ3) is 2.63. The van der Waals surface area contributed by atoms with Crippen LogP contribution in [-0.2, 0) is 14.8 Å². The van der Waals surface area contributed by atoms with Crippen molar-refractivity contribution in [3.8, 4) is 6.07 Å². The van der Waals surface area contributed by atoms with Gasteiger partial charge in [-0.3, -0.25) is 4.79 Å². The Kier molecular flexibility index (Phi) is 3.99. The molecule has 0 radical (unpaired) electrons. The van der Waals surface area contributed by atoms with Gasteiger partial charge in [-0.15, -0.1) is 0 Å². The Labute approximate surface area is 121 Å². The van der Waals surface area contributed by atoms with E-state index < -0.39 is 21.9 Å². The molecule has 1 aromatic rings. The molecule has 6 nitrogen and oxygen atoms in total. The minimum absolute atomic E-state index is 0.0165. The van der Waals surface area contributed by atoms with Crippen LogP contribution in [0, 0.1) is 17.2 Å². The van der Waals surface area contributed by atoms with Crippen molar-refractivity contribution in [2.45, 2.75) is 11.3 Å². The van der Waals surface area contributed by atoms with Crippen molar-refractivity contribution in [3.05, 3.63) is 28.8 Å². The van der Waals surface area contributed by atoms with E-state index in [9.17, 15) is 13.2 Å². The lowest BCUT2D eigenvalue weighted by atomic mass is 10.1. The SMILES string of the molecule is N#Cc1ccc(Cl)c(S(=O)(=O)N2CCC(C(=O)O)C2)c1. The van der Waals surface area contributed by atoms with Gasteiger partial charge in [-0.25, -0.2) is 8.42 Å². The fourth-order valence-corrected chi connectivity index (χ4v) is 4.06. The third-order valence-electron chi connectivity index (χ3n) is 3.18. The summed E-state index contributed by atoms with van der Waals surface area (Å²) < 4.78 is 26.0. The maximum atomic E-state index is 12.4. The number of carbonyl (C=O) groups is 1. The van der Waals surface area contributed by atoms with Crippen molar-refractivity contribution in [2.75, 3.05) is 13.1 Å². The first-order valence-corrected chi connectivity index (χ1v) is 7.60. The van der Waals surface area contributed by atoms with E-state index in [4.69, 9.17) is 22.0 Å². The summed E-state index contributed by atoms with van der Waals surface area (Å²) in [5.74, 6) is -1.72. The zero-order valence-corrected chi connectivity index (χ0v) is 11.9. The Balaban J connectivity index is 2.37. The second kappa shape index (κ2) is 5.40. The van der Waals surface area contributed by atoms with Gasteiger partial charge >= 0.3 is 5.97 Å². The molecule has 1 aromatic carbocycles. The van der Waals surface area contributed by atoms with Crippen molar-refractivity contribution in [1.29, 1.82) is 5.26 Å². The molecular formula is C12H11ClN2O4S. The number of nitrogens with zero attached hydrogens (tertiary/aromatic N) is 2. The summed E-state index contributed by atoms with van der Waals surface area (Å²) in [6.07, 6.45) is 0.268. The van der Waals surface area contributed by atoms with Gasteiger partial charge in [-0.05, 0) is 24.6 Å². The molecule has 106 valence electrons. The molecule has 1 heterocycles. The number of nitriles is 1. The van der Waals surface area contributed by atoms with Crippen LogP contribution in [0.3, 0.4) is 0 Å². The van der Waals surface area contributed by atoms with Gasteiger partial charge in [0, 0.05) is 13.1 Å². The lowest BCUT2D eigenvalue weighted by Crippen LogP contribution is -2.30. The predicted molar refractivity (Wildman–Crippen MR) is 70.7 cm³/mol. The molecule has 0 spiro atoms. The van der Waals surface area contributed by atoms with Crippen molar-refractivity contribution in [3.63, 3.8) is 0 Å². The fourth-order valence-electron chi connectivity index (χ4n) is 2.06. The summed E-state index contributed by atoms with van der Waals surface area (Å²) in [6, 6.07) is 5.82. The number of halogens is 1. The minimum atomic E-state index is -3.88. The minimum Gasteiger partial charge on any atom is -0.481 e. The van der Waals surface area contributed by atoms with Crippen LogP contribution in [0.25, 0.3) is 0 Å². The van der Waals surface area contributed by atoms with Crippen LogP contribution in [0.5, 0.6) is 0 Å². The summed E-state index contributed by atoms with van der Waals surface area (Å²) in [5, 5.41) is 17.7. The molecule has 1 saturated heterocycles. The molecule has 1 aliphatic heterocycles. The van der Waals surface area contributed by atoms with Gasteiger partial charge in [0.25, 0.3) is 0 Å². The zero-order chi connectivity index (χ0) is 14.9. The zero-order valence-electron chi connectivity index (χ0n) is 10.3. The van der Waals surface area contributed by atoms with E-state index in [1.165, 1.54) is 18.2 Å². The van der Waals surface area contributed by atoms with E-state index in [0.29, 0.717) is 0 Å². The monoisotopic (exact) mass is 314 g/mol. The number of aliphatic carboxylic acids is 1. The van der Waals surface area contributed by atoms with Gasteiger partial charge in [0.1, 0.15) is 4.90 Å². The summed E-state index contributed by atoms with van der Waals surface area (Å²) >= 11 is 5.88. The highest BCUT2D eigenvalue weighted by Gasteiger charge is 2.36. The maximum Gasteiger partial charge on any atom is 0.307 e. The van der Waals surface area contributed by atoms with Crippen LogP contribution in [0.4, 0.5) is 0 Å². The summed E-state index contributed by atoms with van der Waals surface area (Å²) in [4.78, 5) is 10.7. The van der Waals surface area contributed by atoms with E-state index in [2.05, 4.69) is 0 Å². The highest BCUT2D eigenvalue weighted by Crippen LogP contribution is 2.29. The Morgan fingerprint density at radius 2 is 2.20 bits per heavy atom. The molecule has 0 aliphatic carbocycles. The Morgan fingerprint density at radius 3 is 2.75 bits per heavy atom. The van der Waals surface area contributed by atoms with Crippen LogP contribution in [0.2, 0.25) is 5.02 Å². The van der Waals surface area contributed by atoms with Gasteiger partial charge in [-0.1, -0.05) is 11.6 Å². The van der Waals surface area contributed by atoms with Crippen LogP contribution >= 0.6 is 11.6 Å². The standard InChI is InChI=1S/C12H11ClN2O4S/c13-10-2-1-8(6-14)5-11(10)20(18,19)15-4-3-9(7-15)12(16)17/h1-2,5,9H,3-4,7H2,(H,16,17). The van der Waals surface area contributed by atoms with Crippen molar-refractivity contribution in [1.82, 2.24) is 4.31 Å². The highest BCUT2D eigenvalue weighted by molar-refractivity contribution is 7.89. The molecule has 0 saturated carbocycles. The molecule has 8 heteroatoms. The van der Waals surface area contributed by atoms with Gasteiger partial charge in [0.05, 0.1) is 22.6 Å². The predicted octanol–water partition coefficient (Wildman–Crippen LogP) is 1.31. The molecule has 1 atom stereocenters. The fraction of sp³-hybridized carbons (Fsp3) is 0.333. The highest BCUT2D eigenvalue weighted by atomic mass is 35.5. The second-order valence-corrected chi connectivity index (χ2v) is 6.76. The smallest absolute Gasteiger partial charge is 0.307 e. The van der Waals surface area contributed by atoms with Crippen molar-refractivity contribution < 1.29 is 18.3 Å². The average Bonchev–Trinajstić information content (AvgIpc) is 2.89. The summed E-state index contributed by atoms with van der Waals surface area (Å²) in [6.45, 7) is 0.0528. The van der Waals surface area contributed by atoms with E-state index >= 15 is 0 Å². The number of benzene rings is 1. The molecule has 1 aliphatic rings. The molecular weight excluding hydrogens is 304 g/mol. The van der Waals surface area contributed by atoms with Crippen LogP contribution < -0.4 is 0 Å². The summed E-state index contributed by atoms with van der Waals surface area (Å²) in [7, 11) is -3.88. The molecule has 20 heavy (non-hydrogen) atoms. The number of hydrogen-bond donors (Lipinski definition) is 1. The van der Waals surface area contributed by atoms with Crippen molar-refractivity contribution >= 4 is 27.6 Å². The maximum absolute atomic E-state index is 12.4. The Bertz CT molecular complexity index is 696. The summed E-state index contributed by atoms with van der Waals surface area (Å²) in [5.41, 5.74) is 0.182. The number of rotatable bonds is 3. The topological polar surface area (TPSA) is 98.5 Å². The van der Waals surface area contributed by atoms with Gasteiger partial charge in [0.15, 0.2) is 0 Å². The Hall–Kier alpha value is -1.62. The number of hydrogen-bond acceptors (Lipinski definition) is 4. The average molecular weight is 315 g/mol. The first-order valence-electron chi connectivity index (χ1n) is 5.79. The molecule has 1 unspecified atom stereocenters. The van der Waals surface area contributed by atoms with E-state index in [0.717, 1.165) is 4.31 Å². The molecule has 1 N–H and O–H groups in total. The van der Waals surface area contributed by atoms with E-state index in [1.54, 1.807) is 0 Å². The van der Waals surface area contributed by atoms with Crippen LogP contribution in [0.15, 0.2) is 23.1 Å². The number of sulfonamides is 1. The lowest BCUT2D eigenvalue weighted by Gasteiger charge is -2.17. The molecule has 1 fully saturated rings. The number of carboxylic acid groups (broad SMARTS) is 1. The normalized spacial score (nSPS) is 19.7. The van der Waals surface area contributed by atoms with Crippen molar-refractivity contribution in [2.24, 2.45) is 5.92 Å². The van der Waals surface area contributed by atoms with Crippen LogP contribution in [0.1, 0.15) is 12.0 Å². The number of carboxylic acids is 1. The van der Waals surface area contributed by atoms with Gasteiger partial charge in [-0.2, -0.15) is 9.57 Å². The lowest BCUT2D eigenvalue weighted by molar-refractivity contribution is -0.141. The molecule has 0 aromatic heterocycles. The molecule has 0 bridgehead atoms. The third-order valence-corrected chi connectivity index (χ3v) is 5.53. The van der Waals surface area contributed by atoms with Gasteiger partial charge < -0.3 is 5.11 Å². The van der Waals surface area contributed by atoms with E-state index in [1.807, 2.05) is 6.07 Å². The molecule has 0 amide bonds. The largest absolute Gasteiger partial charge is 0.481 e. The quantitative estimate of drug-likeness (QED) is 0.906. The molecule has 2 rings (SSSR count). The van der Waals surface area contributed by atoms with Gasteiger partial charge in [0.2, 0.25) is 10.0 Å². The Morgan fingerprint density at radius 1 is 1.50 bits per heavy atom. The second-order valence-electron chi connectivity index (χ2n) is 4.44.